The van der Waals surface area contributed by atoms with Crippen LogP contribution >= 0.6 is 11.6 Å². The first kappa shape index (κ1) is 13.8. The molecule has 0 saturated carbocycles. The van der Waals surface area contributed by atoms with Crippen LogP contribution in [0, 0.1) is 5.41 Å². The summed E-state index contributed by atoms with van der Waals surface area (Å²) < 4.78 is 5.41. The van der Waals surface area contributed by atoms with Crippen LogP contribution in [-0.2, 0) is 11.4 Å². The lowest BCUT2D eigenvalue weighted by Crippen LogP contribution is -2.30. The minimum Gasteiger partial charge on any atom is -0.492 e. The van der Waals surface area contributed by atoms with Gasteiger partial charge in [0.15, 0.2) is 0 Å². The predicted molar refractivity (Wildman–Crippen MR) is 64.3 cm³/mol. The molecule has 0 aromatic heterocycles. The molecular formula is C12H15ClO4. The molecule has 0 unspecified atom stereocenters. The van der Waals surface area contributed by atoms with Crippen molar-refractivity contribution in [3.8, 4) is 5.75 Å². The Kier molecular flexibility index (Phi) is 4.37. The fraction of sp³-hybridized carbons (Fsp3) is 0.417. The number of carboxylic acids is 1. The van der Waals surface area contributed by atoms with Gasteiger partial charge in [-0.2, -0.15) is 0 Å². The maximum Gasteiger partial charge on any atom is 0.312 e. The van der Waals surface area contributed by atoms with Gasteiger partial charge in [-0.3, -0.25) is 4.79 Å². The van der Waals surface area contributed by atoms with Crippen molar-refractivity contribution in [1.82, 2.24) is 0 Å². The maximum absolute atomic E-state index is 10.9. The number of aliphatic carboxylic acids is 1. The van der Waals surface area contributed by atoms with Crippen molar-refractivity contribution in [3.05, 3.63) is 28.8 Å². The van der Waals surface area contributed by atoms with Crippen molar-refractivity contribution < 1.29 is 19.7 Å². The van der Waals surface area contributed by atoms with Crippen molar-refractivity contribution in [3.63, 3.8) is 0 Å². The number of hydrogen-bond donors (Lipinski definition) is 2. The first-order chi connectivity index (χ1) is 7.86. The van der Waals surface area contributed by atoms with Crippen molar-refractivity contribution in [2.24, 2.45) is 5.41 Å². The van der Waals surface area contributed by atoms with Crippen LogP contribution in [0.15, 0.2) is 18.2 Å². The summed E-state index contributed by atoms with van der Waals surface area (Å²) in [6.07, 6.45) is 0. The van der Waals surface area contributed by atoms with E-state index < -0.39 is 11.4 Å². The van der Waals surface area contributed by atoms with Gasteiger partial charge >= 0.3 is 5.97 Å². The Morgan fingerprint density at radius 1 is 1.47 bits per heavy atom. The number of ether oxygens (including phenoxy) is 1. The van der Waals surface area contributed by atoms with Crippen LogP contribution in [0.4, 0.5) is 0 Å². The third-order valence-corrected chi connectivity index (χ3v) is 2.60. The lowest BCUT2D eigenvalue weighted by molar-refractivity contribution is -0.148. The molecule has 4 nitrogen and oxygen atoms in total. The Morgan fingerprint density at radius 2 is 2.12 bits per heavy atom. The molecule has 0 aliphatic carbocycles. The van der Waals surface area contributed by atoms with E-state index in [1.54, 1.807) is 32.0 Å². The number of carbonyl (C=O) groups is 1. The number of halogens is 1. The van der Waals surface area contributed by atoms with Crippen molar-refractivity contribution in [2.45, 2.75) is 20.5 Å². The number of benzene rings is 1. The van der Waals surface area contributed by atoms with E-state index in [-0.39, 0.29) is 13.2 Å². The molecule has 0 saturated heterocycles. The first-order valence-corrected chi connectivity index (χ1v) is 5.50. The minimum atomic E-state index is -0.980. The van der Waals surface area contributed by atoms with Gasteiger partial charge in [-0.05, 0) is 32.0 Å². The molecule has 1 aromatic carbocycles. The van der Waals surface area contributed by atoms with Gasteiger partial charge in [-0.25, -0.2) is 0 Å². The molecule has 1 rings (SSSR count). The fourth-order valence-corrected chi connectivity index (χ4v) is 1.33. The Morgan fingerprint density at radius 3 is 2.65 bits per heavy atom. The molecule has 94 valence electrons. The molecule has 5 heteroatoms. The maximum atomic E-state index is 10.9. The second kappa shape index (κ2) is 5.38. The third-order valence-electron chi connectivity index (χ3n) is 2.36. The largest absolute Gasteiger partial charge is 0.492 e. The van der Waals surface area contributed by atoms with E-state index in [9.17, 15) is 4.79 Å². The highest BCUT2D eigenvalue weighted by atomic mass is 35.5. The number of hydrogen-bond acceptors (Lipinski definition) is 3. The SMILES string of the molecule is CC(C)(COc1ccc(Cl)cc1CO)C(=O)O. The third kappa shape index (κ3) is 3.61. The van der Waals surface area contributed by atoms with E-state index in [2.05, 4.69) is 0 Å². The summed E-state index contributed by atoms with van der Waals surface area (Å²) in [4.78, 5) is 10.9. The fourth-order valence-electron chi connectivity index (χ4n) is 1.13. The molecular weight excluding hydrogens is 244 g/mol. The zero-order valence-electron chi connectivity index (χ0n) is 9.74. The van der Waals surface area contributed by atoms with E-state index in [1.165, 1.54) is 0 Å². The minimum absolute atomic E-state index is 0.0248. The summed E-state index contributed by atoms with van der Waals surface area (Å²) in [6, 6.07) is 4.83. The summed E-state index contributed by atoms with van der Waals surface area (Å²) in [6.45, 7) is 2.97. The molecule has 0 bridgehead atoms. The molecule has 0 atom stereocenters. The summed E-state index contributed by atoms with van der Waals surface area (Å²) in [5.41, 5.74) is -0.439. The molecule has 2 N–H and O–H groups in total. The van der Waals surface area contributed by atoms with Crippen LogP contribution in [0.3, 0.4) is 0 Å². The van der Waals surface area contributed by atoms with E-state index >= 15 is 0 Å². The van der Waals surface area contributed by atoms with E-state index in [1.807, 2.05) is 0 Å². The Hall–Kier alpha value is -1.26. The first-order valence-electron chi connectivity index (χ1n) is 5.12. The number of aliphatic hydroxyl groups excluding tert-OH is 1. The van der Waals surface area contributed by atoms with Gasteiger partial charge in [0.25, 0.3) is 0 Å². The highest BCUT2D eigenvalue weighted by molar-refractivity contribution is 6.30. The average molecular weight is 259 g/mol. The normalized spacial score (nSPS) is 11.3. The summed E-state index contributed by atoms with van der Waals surface area (Å²) in [7, 11) is 0. The summed E-state index contributed by atoms with van der Waals surface area (Å²) >= 11 is 5.78. The second-order valence-electron chi connectivity index (χ2n) is 4.39. The lowest BCUT2D eigenvalue weighted by atomic mass is 9.95. The van der Waals surface area contributed by atoms with Gasteiger partial charge in [0, 0.05) is 10.6 Å². The number of rotatable bonds is 5. The average Bonchev–Trinajstić information content (AvgIpc) is 2.27. The van der Waals surface area contributed by atoms with Crippen LogP contribution < -0.4 is 4.74 Å². The van der Waals surface area contributed by atoms with Crippen LogP contribution in [0.2, 0.25) is 5.02 Å². The summed E-state index contributed by atoms with van der Waals surface area (Å²) in [5, 5.41) is 18.6. The zero-order chi connectivity index (χ0) is 13.1. The molecule has 0 aliphatic heterocycles. The highest BCUT2D eigenvalue weighted by Crippen LogP contribution is 2.25. The predicted octanol–water partition coefficient (Wildman–Crippen LogP) is 2.32. The standard InChI is InChI=1S/C12H15ClO4/c1-12(2,11(15)16)7-17-10-4-3-9(13)5-8(10)6-14/h3-5,14H,6-7H2,1-2H3,(H,15,16). The van der Waals surface area contributed by atoms with Crippen molar-refractivity contribution >= 4 is 17.6 Å². The van der Waals surface area contributed by atoms with E-state index in [4.69, 9.17) is 26.6 Å². The topological polar surface area (TPSA) is 66.8 Å². The second-order valence-corrected chi connectivity index (χ2v) is 4.82. The molecule has 0 radical (unpaired) electrons. The quantitative estimate of drug-likeness (QED) is 0.851. The van der Waals surface area contributed by atoms with Crippen molar-refractivity contribution in [2.75, 3.05) is 6.61 Å². The summed E-state index contributed by atoms with van der Waals surface area (Å²) in [5.74, 6) is -0.483. The molecule has 0 spiro atoms. The van der Waals surface area contributed by atoms with Crippen molar-refractivity contribution in [1.29, 1.82) is 0 Å². The Bertz CT molecular complexity index is 415. The van der Waals surface area contributed by atoms with Gasteiger partial charge in [0.05, 0.1) is 12.0 Å². The Balaban J connectivity index is 2.79. The monoisotopic (exact) mass is 258 g/mol. The van der Waals surface area contributed by atoms with Crippen LogP contribution in [-0.4, -0.2) is 22.8 Å². The Labute approximate surface area is 105 Å². The highest BCUT2D eigenvalue weighted by Gasteiger charge is 2.28. The van der Waals surface area contributed by atoms with Gasteiger partial charge in [0.1, 0.15) is 12.4 Å². The molecule has 0 amide bonds. The molecule has 0 fully saturated rings. The molecule has 0 aliphatic rings. The smallest absolute Gasteiger partial charge is 0.312 e. The van der Waals surface area contributed by atoms with Crippen LogP contribution in [0.1, 0.15) is 19.4 Å². The number of carboxylic acid groups (broad SMARTS) is 1. The van der Waals surface area contributed by atoms with E-state index in [0.717, 1.165) is 0 Å². The van der Waals surface area contributed by atoms with Crippen LogP contribution in [0.25, 0.3) is 0 Å². The zero-order valence-corrected chi connectivity index (χ0v) is 10.5. The van der Waals surface area contributed by atoms with Gasteiger partial charge < -0.3 is 14.9 Å². The molecule has 0 heterocycles. The van der Waals surface area contributed by atoms with Gasteiger partial charge in [-0.1, -0.05) is 11.6 Å². The lowest BCUT2D eigenvalue weighted by Gasteiger charge is -2.20. The number of aliphatic hydroxyl groups is 1. The van der Waals surface area contributed by atoms with Gasteiger partial charge in [-0.15, -0.1) is 0 Å². The van der Waals surface area contributed by atoms with Gasteiger partial charge in [0.2, 0.25) is 0 Å². The molecule has 1 aromatic rings. The van der Waals surface area contributed by atoms with Crippen LogP contribution in [0.5, 0.6) is 5.75 Å². The molecule has 17 heavy (non-hydrogen) atoms. The van der Waals surface area contributed by atoms with E-state index in [0.29, 0.717) is 16.3 Å².